The monoisotopic (exact) mass is 306 g/mol. The second kappa shape index (κ2) is 5.69. The van der Waals surface area contributed by atoms with E-state index in [2.05, 4.69) is 15.8 Å². The molecule has 0 aromatic carbocycles. The SMILES string of the molecule is Cn1cccc1C(=O)NNC(=O)c1cnc(C(C)(C)C)s1. The Balaban J connectivity index is 1.98. The van der Waals surface area contributed by atoms with Crippen LogP contribution in [0.25, 0.3) is 0 Å². The summed E-state index contributed by atoms with van der Waals surface area (Å²) in [6.07, 6.45) is 3.28. The van der Waals surface area contributed by atoms with Crippen LogP contribution in [-0.4, -0.2) is 21.4 Å². The lowest BCUT2D eigenvalue weighted by molar-refractivity contribution is 0.0844. The fraction of sp³-hybridized carbons (Fsp3) is 0.357. The first-order valence-electron chi connectivity index (χ1n) is 6.47. The fourth-order valence-electron chi connectivity index (χ4n) is 1.66. The van der Waals surface area contributed by atoms with Crippen molar-refractivity contribution in [3.05, 3.63) is 40.1 Å². The first kappa shape index (κ1) is 15.2. The van der Waals surface area contributed by atoms with Crippen LogP contribution in [0.15, 0.2) is 24.5 Å². The number of hydrogen-bond donors (Lipinski definition) is 2. The molecule has 0 bridgehead atoms. The number of carbonyl (C=O) groups is 2. The molecule has 2 aromatic rings. The maximum atomic E-state index is 12.0. The number of aromatic nitrogens is 2. The van der Waals surface area contributed by atoms with Crippen LogP contribution in [0.2, 0.25) is 0 Å². The van der Waals surface area contributed by atoms with E-state index in [1.54, 1.807) is 29.9 Å². The second-order valence-corrected chi connectivity index (χ2v) is 6.72. The molecular formula is C14H18N4O2S. The molecule has 0 spiro atoms. The van der Waals surface area contributed by atoms with Gasteiger partial charge in [-0.3, -0.25) is 20.4 Å². The van der Waals surface area contributed by atoms with Crippen molar-refractivity contribution < 1.29 is 9.59 Å². The van der Waals surface area contributed by atoms with E-state index < -0.39 is 0 Å². The topological polar surface area (TPSA) is 76.0 Å². The van der Waals surface area contributed by atoms with Crippen molar-refractivity contribution in [2.75, 3.05) is 0 Å². The highest BCUT2D eigenvalue weighted by Crippen LogP contribution is 2.26. The van der Waals surface area contributed by atoms with E-state index in [9.17, 15) is 9.59 Å². The van der Waals surface area contributed by atoms with Crippen LogP contribution in [0, 0.1) is 0 Å². The lowest BCUT2D eigenvalue weighted by Gasteiger charge is -2.13. The van der Waals surface area contributed by atoms with Gasteiger partial charge in [-0.1, -0.05) is 20.8 Å². The number of hydrazine groups is 1. The number of aryl methyl sites for hydroxylation is 1. The van der Waals surface area contributed by atoms with Crippen molar-refractivity contribution in [2.24, 2.45) is 7.05 Å². The van der Waals surface area contributed by atoms with Gasteiger partial charge in [0.25, 0.3) is 11.8 Å². The van der Waals surface area contributed by atoms with E-state index in [4.69, 9.17) is 0 Å². The summed E-state index contributed by atoms with van der Waals surface area (Å²) < 4.78 is 1.67. The highest BCUT2D eigenvalue weighted by atomic mass is 32.1. The Morgan fingerprint density at radius 1 is 1.24 bits per heavy atom. The van der Waals surface area contributed by atoms with Gasteiger partial charge < -0.3 is 4.57 Å². The number of nitrogens with zero attached hydrogens (tertiary/aromatic N) is 2. The molecule has 0 atom stereocenters. The van der Waals surface area contributed by atoms with Gasteiger partial charge in [-0.2, -0.15) is 0 Å². The van der Waals surface area contributed by atoms with Gasteiger partial charge in [-0.25, -0.2) is 4.98 Å². The summed E-state index contributed by atoms with van der Waals surface area (Å²) >= 11 is 1.32. The van der Waals surface area contributed by atoms with Gasteiger partial charge in [0.05, 0.1) is 11.2 Å². The predicted molar refractivity (Wildman–Crippen MR) is 81.2 cm³/mol. The molecule has 0 unspecified atom stereocenters. The molecule has 0 aliphatic carbocycles. The van der Waals surface area contributed by atoms with Crippen molar-refractivity contribution in [1.29, 1.82) is 0 Å². The minimum Gasteiger partial charge on any atom is -0.347 e. The van der Waals surface area contributed by atoms with Crippen LogP contribution in [0.3, 0.4) is 0 Å². The average Bonchev–Trinajstić information content (AvgIpc) is 3.03. The smallest absolute Gasteiger partial charge is 0.286 e. The fourth-order valence-corrected chi connectivity index (χ4v) is 2.53. The summed E-state index contributed by atoms with van der Waals surface area (Å²) in [6.45, 7) is 6.10. The lowest BCUT2D eigenvalue weighted by atomic mass is 9.98. The maximum absolute atomic E-state index is 12.0. The zero-order chi connectivity index (χ0) is 15.6. The van der Waals surface area contributed by atoms with Gasteiger partial charge in [0, 0.05) is 18.7 Å². The van der Waals surface area contributed by atoms with Crippen LogP contribution in [0.4, 0.5) is 0 Å². The number of hydrogen-bond acceptors (Lipinski definition) is 4. The number of rotatable bonds is 2. The molecule has 2 rings (SSSR count). The molecular weight excluding hydrogens is 288 g/mol. The molecule has 6 nitrogen and oxygen atoms in total. The summed E-state index contributed by atoms with van der Waals surface area (Å²) in [5, 5.41) is 0.876. The Morgan fingerprint density at radius 2 is 1.90 bits per heavy atom. The second-order valence-electron chi connectivity index (χ2n) is 5.69. The Hall–Kier alpha value is -2.15. The highest BCUT2D eigenvalue weighted by molar-refractivity contribution is 7.13. The summed E-state index contributed by atoms with van der Waals surface area (Å²) in [5.41, 5.74) is 5.16. The predicted octanol–water partition coefficient (Wildman–Crippen LogP) is 1.85. The minimum atomic E-state index is -0.370. The van der Waals surface area contributed by atoms with Crippen molar-refractivity contribution >= 4 is 23.2 Å². The lowest BCUT2D eigenvalue weighted by Crippen LogP contribution is -2.41. The van der Waals surface area contributed by atoms with Crippen LogP contribution < -0.4 is 10.9 Å². The molecule has 2 N–H and O–H groups in total. The highest BCUT2D eigenvalue weighted by Gasteiger charge is 2.20. The van der Waals surface area contributed by atoms with E-state index in [1.807, 2.05) is 20.8 Å². The Kier molecular flexibility index (Phi) is 4.13. The molecule has 0 saturated heterocycles. The number of carbonyl (C=O) groups excluding carboxylic acids is 2. The van der Waals surface area contributed by atoms with Crippen LogP contribution in [0.1, 0.15) is 45.9 Å². The standard InChI is InChI=1S/C14H18N4O2S/c1-14(2,3)13-15-8-10(21-13)12(20)17-16-11(19)9-6-5-7-18(9)4/h5-8H,1-4H3,(H,16,19)(H,17,20). The third-order valence-electron chi connectivity index (χ3n) is 2.84. The molecule has 2 heterocycles. The molecule has 2 aromatic heterocycles. The van der Waals surface area contributed by atoms with E-state index in [1.165, 1.54) is 17.5 Å². The summed E-state index contributed by atoms with van der Waals surface area (Å²) in [7, 11) is 1.76. The number of thiazole rings is 1. The van der Waals surface area contributed by atoms with Crippen molar-refractivity contribution in [2.45, 2.75) is 26.2 Å². The Labute approximate surface area is 127 Å². The van der Waals surface area contributed by atoms with Crippen molar-refractivity contribution in [3.8, 4) is 0 Å². The molecule has 0 aliphatic heterocycles. The normalized spacial score (nSPS) is 11.2. The zero-order valence-corrected chi connectivity index (χ0v) is 13.2. The Bertz CT molecular complexity index is 667. The first-order chi connectivity index (χ1) is 9.79. The largest absolute Gasteiger partial charge is 0.347 e. The van der Waals surface area contributed by atoms with Gasteiger partial charge in [-0.05, 0) is 12.1 Å². The van der Waals surface area contributed by atoms with Crippen molar-refractivity contribution in [1.82, 2.24) is 20.4 Å². The van der Waals surface area contributed by atoms with Gasteiger partial charge in [0.2, 0.25) is 0 Å². The third-order valence-corrected chi connectivity index (χ3v) is 4.26. The Morgan fingerprint density at radius 3 is 2.43 bits per heavy atom. The molecule has 0 saturated carbocycles. The third kappa shape index (κ3) is 3.49. The zero-order valence-electron chi connectivity index (χ0n) is 12.4. The van der Waals surface area contributed by atoms with Crippen LogP contribution >= 0.6 is 11.3 Å². The molecule has 21 heavy (non-hydrogen) atoms. The summed E-state index contributed by atoms with van der Waals surface area (Å²) in [5.74, 6) is -0.734. The van der Waals surface area contributed by atoms with Gasteiger partial charge in [-0.15, -0.1) is 11.3 Å². The molecule has 2 amide bonds. The number of nitrogens with one attached hydrogen (secondary N) is 2. The van der Waals surface area contributed by atoms with E-state index in [0.717, 1.165) is 5.01 Å². The molecule has 0 aliphatic rings. The first-order valence-corrected chi connectivity index (χ1v) is 7.29. The van der Waals surface area contributed by atoms with Gasteiger partial charge in [0.1, 0.15) is 10.6 Å². The van der Waals surface area contributed by atoms with E-state index >= 15 is 0 Å². The summed E-state index contributed by atoms with van der Waals surface area (Å²) in [4.78, 5) is 28.6. The number of amides is 2. The summed E-state index contributed by atoms with van der Waals surface area (Å²) in [6, 6.07) is 3.43. The van der Waals surface area contributed by atoms with Gasteiger partial charge in [0.15, 0.2) is 0 Å². The molecule has 7 heteroatoms. The van der Waals surface area contributed by atoms with E-state index in [-0.39, 0.29) is 17.2 Å². The minimum absolute atomic E-state index is 0.102. The molecule has 0 radical (unpaired) electrons. The molecule has 112 valence electrons. The molecule has 0 fully saturated rings. The quantitative estimate of drug-likeness (QED) is 0.831. The van der Waals surface area contributed by atoms with Crippen LogP contribution in [0.5, 0.6) is 0 Å². The maximum Gasteiger partial charge on any atom is 0.286 e. The van der Waals surface area contributed by atoms with E-state index in [0.29, 0.717) is 10.6 Å². The van der Waals surface area contributed by atoms with Gasteiger partial charge >= 0.3 is 0 Å². The average molecular weight is 306 g/mol. The van der Waals surface area contributed by atoms with Crippen LogP contribution in [-0.2, 0) is 12.5 Å². The van der Waals surface area contributed by atoms with Crippen molar-refractivity contribution in [3.63, 3.8) is 0 Å².